The van der Waals surface area contributed by atoms with Crippen molar-refractivity contribution in [2.24, 2.45) is 4.99 Å². The van der Waals surface area contributed by atoms with Crippen LogP contribution in [0.4, 0.5) is 4.79 Å². The summed E-state index contributed by atoms with van der Waals surface area (Å²) in [4.78, 5) is 29.0. The van der Waals surface area contributed by atoms with Crippen molar-refractivity contribution in [2.45, 2.75) is 39.9 Å². The van der Waals surface area contributed by atoms with Gasteiger partial charge in [-0.05, 0) is 50.3 Å². The molecule has 0 aliphatic heterocycles. The van der Waals surface area contributed by atoms with Crippen LogP contribution in [0.15, 0.2) is 53.5 Å². The van der Waals surface area contributed by atoms with E-state index in [1.54, 1.807) is 32.9 Å². The fourth-order valence-electron chi connectivity index (χ4n) is 2.40. The van der Waals surface area contributed by atoms with Crippen LogP contribution in [-0.4, -0.2) is 28.5 Å². The molecule has 0 radical (unpaired) electrons. The topological polar surface area (TPSA) is 101 Å². The minimum Gasteiger partial charge on any atom is -0.488 e. The third-order valence-corrected chi connectivity index (χ3v) is 4.42. The summed E-state index contributed by atoms with van der Waals surface area (Å²) in [6.45, 7) is 7.34. The van der Waals surface area contributed by atoms with Crippen LogP contribution in [0.25, 0.3) is 0 Å². The Morgan fingerprint density at radius 1 is 1.16 bits per heavy atom. The predicted molar refractivity (Wildman–Crippen MR) is 121 cm³/mol. The summed E-state index contributed by atoms with van der Waals surface area (Å²) in [6, 6.07) is 16.1. The minimum atomic E-state index is -0.702. The van der Waals surface area contributed by atoms with Gasteiger partial charge in [-0.2, -0.15) is 10.3 Å². The molecule has 0 spiro atoms. The van der Waals surface area contributed by atoms with Crippen molar-refractivity contribution in [1.82, 2.24) is 5.32 Å². The number of thioether (sulfide) groups is 1. The van der Waals surface area contributed by atoms with Gasteiger partial charge in [0.15, 0.2) is 5.17 Å². The number of alkyl carbamates (subject to hydrolysis) is 1. The quantitative estimate of drug-likeness (QED) is 0.525. The molecular formula is C23H25N3O4S. The lowest BCUT2D eigenvalue weighted by atomic mass is 10.1. The van der Waals surface area contributed by atoms with E-state index in [1.807, 2.05) is 43.3 Å². The number of carbonyl (C=O) groups is 2. The van der Waals surface area contributed by atoms with E-state index < -0.39 is 17.6 Å². The van der Waals surface area contributed by atoms with Gasteiger partial charge in [0, 0.05) is 0 Å². The van der Waals surface area contributed by atoms with E-state index in [9.17, 15) is 14.9 Å². The highest BCUT2D eigenvalue weighted by molar-refractivity contribution is 8.13. The average Bonchev–Trinajstić information content (AvgIpc) is 2.71. The molecule has 8 heteroatoms. The highest BCUT2D eigenvalue weighted by Gasteiger charge is 2.19. The molecule has 0 atom stereocenters. The van der Waals surface area contributed by atoms with Gasteiger partial charge >= 0.3 is 6.09 Å². The first-order valence-corrected chi connectivity index (χ1v) is 10.7. The number of amidine groups is 1. The first kappa shape index (κ1) is 24.0. The van der Waals surface area contributed by atoms with Crippen molar-refractivity contribution < 1.29 is 19.1 Å². The van der Waals surface area contributed by atoms with E-state index in [2.05, 4.69) is 10.3 Å². The van der Waals surface area contributed by atoms with Gasteiger partial charge in [-0.1, -0.05) is 49.0 Å². The Bertz CT molecular complexity index is 992. The maximum atomic E-state index is 12.9. The van der Waals surface area contributed by atoms with Gasteiger partial charge in [-0.3, -0.25) is 10.1 Å². The number of carbonyl (C=O) groups excluding carboxylic acids is 2. The molecular weight excluding hydrogens is 414 g/mol. The standard InChI is InChI=1S/C23H25N3O4S/c1-5-31-21(26-22(28)30-23(2,3)4)25-20(27)18-13-17(14-24)11-12-19(18)29-15-16-9-7-6-8-10-16/h6-13H,5,15H2,1-4H3,(H,25,26,27,28). The van der Waals surface area contributed by atoms with E-state index in [0.717, 1.165) is 5.56 Å². The second kappa shape index (κ2) is 11.2. The molecule has 0 saturated heterocycles. The number of nitriles is 1. The lowest BCUT2D eigenvalue weighted by Gasteiger charge is -2.19. The third-order valence-electron chi connectivity index (χ3n) is 3.67. The summed E-state index contributed by atoms with van der Waals surface area (Å²) >= 11 is 1.19. The normalized spacial score (nSPS) is 11.4. The Morgan fingerprint density at radius 3 is 2.48 bits per heavy atom. The fraction of sp³-hybridized carbons (Fsp3) is 0.304. The molecule has 0 aromatic heterocycles. The molecule has 2 aromatic carbocycles. The highest BCUT2D eigenvalue weighted by atomic mass is 32.2. The summed E-state index contributed by atoms with van der Waals surface area (Å²) < 4.78 is 11.0. The van der Waals surface area contributed by atoms with Gasteiger partial charge in [-0.25, -0.2) is 4.79 Å². The maximum absolute atomic E-state index is 12.9. The molecule has 0 aliphatic rings. The summed E-state index contributed by atoms with van der Waals surface area (Å²) in [5.41, 5.74) is 0.684. The second-order valence-corrected chi connectivity index (χ2v) is 8.63. The smallest absolute Gasteiger partial charge is 0.413 e. The Morgan fingerprint density at radius 2 is 1.87 bits per heavy atom. The minimum absolute atomic E-state index is 0.109. The molecule has 162 valence electrons. The van der Waals surface area contributed by atoms with Crippen molar-refractivity contribution in [2.75, 3.05) is 5.75 Å². The summed E-state index contributed by atoms with van der Waals surface area (Å²) in [7, 11) is 0. The number of aliphatic imine (C=N–C) groups is 1. The SMILES string of the molecule is CCS/C(=N/C(=O)c1cc(C#N)ccc1OCc1ccccc1)NC(=O)OC(C)(C)C. The number of benzene rings is 2. The number of ether oxygens (including phenoxy) is 2. The molecule has 31 heavy (non-hydrogen) atoms. The van der Waals surface area contributed by atoms with Gasteiger partial charge < -0.3 is 9.47 Å². The van der Waals surface area contributed by atoms with E-state index in [4.69, 9.17) is 9.47 Å². The van der Waals surface area contributed by atoms with Crippen molar-refractivity contribution in [3.63, 3.8) is 0 Å². The lowest BCUT2D eigenvalue weighted by molar-refractivity contribution is 0.0564. The van der Waals surface area contributed by atoms with E-state index in [-0.39, 0.29) is 17.3 Å². The molecule has 0 unspecified atom stereocenters. The largest absolute Gasteiger partial charge is 0.488 e. The number of nitrogens with zero attached hydrogens (tertiary/aromatic N) is 2. The third kappa shape index (κ3) is 8.15. The molecule has 2 aromatic rings. The molecule has 0 saturated carbocycles. The fourth-order valence-corrected chi connectivity index (χ4v) is 2.98. The average molecular weight is 440 g/mol. The zero-order valence-corrected chi connectivity index (χ0v) is 18.8. The Labute approximate surface area is 186 Å². The molecule has 2 amide bonds. The van der Waals surface area contributed by atoms with Crippen LogP contribution < -0.4 is 10.1 Å². The van der Waals surface area contributed by atoms with Gasteiger partial charge in [0.05, 0.1) is 17.2 Å². The van der Waals surface area contributed by atoms with Crippen LogP contribution in [0.3, 0.4) is 0 Å². The van der Waals surface area contributed by atoms with Crippen LogP contribution in [0.2, 0.25) is 0 Å². The van der Waals surface area contributed by atoms with Crippen LogP contribution >= 0.6 is 11.8 Å². The first-order chi connectivity index (χ1) is 14.7. The van der Waals surface area contributed by atoms with E-state index >= 15 is 0 Å². The van der Waals surface area contributed by atoms with Gasteiger partial charge in [0.1, 0.15) is 18.0 Å². The lowest BCUT2D eigenvalue weighted by Crippen LogP contribution is -2.35. The zero-order valence-electron chi connectivity index (χ0n) is 18.0. The van der Waals surface area contributed by atoms with Gasteiger partial charge in [-0.15, -0.1) is 0 Å². The summed E-state index contributed by atoms with van der Waals surface area (Å²) in [5.74, 6) is 0.249. The van der Waals surface area contributed by atoms with Crippen molar-refractivity contribution in [3.8, 4) is 11.8 Å². The zero-order chi connectivity index (χ0) is 22.9. The van der Waals surface area contributed by atoms with E-state index in [0.29, 0.717) is 17.1 Å². The maximum Gasteiger partial charge on any atom is 0.413 e. The van der Waals surface area contributed by atoms with Crippen LogP contribution in [0, 0.1) is 11.3 Å². The molecule has 0 heterocycles. The van der Waals surface area contributed by atoms with Crippen molar-refractivity contribution in [3.05, 3.63) is 65.2 Å². The predicted octanol–water partition coefficient (Wildman–Crippen LogP) is 4.91. The molecule has 0 fully saturated rings. The number of amides is 2. The second-order valence-electron chi connectivity index (χ2n) is 7.38. The Kier molecular flexibility index (Phi) is 8.64. The highest BCUT2D eigenvalue weighted by Crippen LogP contribution is 2.23. The molecule has 0 aliphatic carbocycles. The van der Waals surface area contributed by atoms with Gasteiger partial charge in [0.2, 0.25) is 0 Å². The molecule has 7 nitrogen and oxygen atoms in total. The van der Waals surface area contributed by atoms with Crippen molar-refractivity contribution in [1.29, 1.82) is 5.26 Å². The summed E-state index contributed by atoms with van der Waals surface area (Å²) in [5, 5.41) is 11.8. The van der Waals surface area contributed by atoms with Gasteiger partial charge in [0.25, 0.3) is 5.91 Å². The van der Waals surface area contributed by atoms with Crippen LogP contribution in [0.1, 0.15) is 49.2 Å². The monoisotopic (exact) mass is 439 g/mol. The molecule has 1 N–H and O–H groups in total. The van der Waals surface area contributed by atoms with E-state index in [1.165, 1.54) is 17.8 Å². The van der Waals surface area contributed by atoms with Crippen LogP contribution in [0.5, 0.6) is 5.75 Å². The van der Waals surface area contributed by atoms with Crippen molar-refractivity contribution >= 4 is 28.9 Å². The molecule has 2 rings (SSSR count). The Hall–Kier alpha value is -3.31. The Balaban J connectivity index is 2.27. The number of hydrogen-bond acceptors (Lipinski definition) is 6. The summed E-state index contributed by atoms with van der Waals surface area (Å²) in [6.07, 6.45) is -0.702. The molecule has 0 bridgehead atoms. The first-order valence-electron chi connectivity index (χ1n) is 9.68. The van der Waals surface area contributed by atoms with Crippen LogP contribution in [-0.2, 0) is 11.3 Å². The number of nitrogens with one attached hydrogen (secondary N) is 1. The number of rotatable bonds is 5. The number of hydrogen-bond donors (Lipinski definition) is 1.